The predicted molar refractivity (Wildman–Crippen MR) is 71.8 cm³/mol. The summed E-state index contributed by atoms with van der Waals surface area (Å²) in [5, 5.41) is 16.6. The Hall–Kier alpha value is -2.15. The van der Waals surface area contributed by atoms with E-state index in [1.54, 1.807) is 11.8 Å². The number of aromatic nitrogens is 2. The molecule has 2 heterocycles. The van der Waals surface area contributed by atoms with E-state index in [-0.39, 0.29) is 11.8 Å². The average Bonchev–Trinajstić information content (AvgIpc) is 3.03. The first kappa shape index (κ1) is 14.3. The van der Waals surface area contributed by atoms with Gasteiger partial charge in [-0.05, 0) is 19.4 Å². The second kappa shape index (κ2) is 5.46. The summed E-state index contributed by atoms with van der Waals surface area (Å²) in [6.45, 7) is 5.57. The Morgan fingerprint density at radius 1 is 1.70 bits per heavy atom. The summed E-state index contributed by atoms with van der Waals surface area (Å²) in [5.74, 6) is -1.02. The van der Waals surface area contributed by atoms with Gasteiger partial charge in [0, 0.05) is 12.5 Å². The highest BCUT2D eigenvalue weighted by molar-refractivity contribution is 5.94. The van der Waals surface area contributed by atoms with Crippen molar-refractivity contribution in [3.63, 3.8) is 0 Å². The van der Waals surface area contributed by atoms with Crippen LogP contribution in [0.15, 0.2) is 18.9 Å². The van der Waals surface area contributed by atoms with Gasteiger partial charge in [-0.1, -0.05) is 6.58 Å². The fourth-order valence-electron chi connectivity index (χ4n) is 2.88. The van der Waals surface area contributed by atoms with E-state index in [0.717, 1.165) is 0 Å². The van der Waals surface area contributed by atoms with E-state index < -0.39 is 18.1 Å². The molecule has 2 amide bonds. The van der Waals surface area contributed by atoms with E-state index in [1.807, 2.05) is 0 Å². The number of aromatic amines is 1. The summed E-state index contributed by atoms with van der Waals surface area (Å²) in [6.07, 6.45) is 2.47. The fraction of sp³-hybridized carbons (Fsp3) is 0.462. The van der Waals surface area contributed by atoms with Gasteiger partial charge in [-0.2, -0.15) is 5.10 Å². The van der Waals surface area contributed by atoms with Crippen LogP contribution in [-0.2, 0) is 4.79 Å². The molecule has 1 saturated heterocycles. The summed E-state index contributed by atoms with van der Waals surface area (Å²) in [6, 6.07) is -0.431. The van der Waals surface area contributed by atoms with Crippen LogP contribution in [0.3, 0.4) is 0 Å². The standard InChI is InChI=1S/C13H18N4O3/c1-3-10(19)17-5-4-8(12(17)7(2)18)11-9(13(14)20)6-15-16-11/h3,6-8,12,18H,1,4-5H2,2H3,(H2,14,20)(H,15,16)/t7-,8-,12?/m1/s1. The number of hydrogen-bond donors (Lipinski definition) is 3. The number of aliphatic hydroxyl groups excluding tert-OH is 1. The van der Waals surface area contributed by atoms with E-state index in [9.17, 15) is 14.7 Å². The smallest absolute Gasteiger partial charge is 0.252 e. The Morgan fingerprint density at radius 2 is 2.40 bits per heavy atom. The molecule has 1 fully saturated rings. The summed E-state index contributed by atoms with van der Waals surface area (Å²) in [4.78, 5) is 24.8. The molecule has 0 radical (unpaired) electrons. The lowest BCUT2D eigenvalue weighted by Crippen LogP contribution is -2.43. The molecule has 1 aliphatic rings. The zero-order valence-electron chi connectivity index (χ0n) is 11.2. The second-order valence-corrected chi connectivity index (χ2v) is 4.92. The largest absolute Gasteiger partial charge is 0.391 e. The van der Waals surface area contributed by atoms with E-state index >= 15 is 0 Å². The minimum absolute atomic E-state index is 0.205. The first-order chi connectivity index (χ1) is 9.47. The number of carbonyl (C=O) groups is 2. The van der Waals surface area contributed by atoms with Crippen LogP contribution in [-0.4, -0.2) is 50.7 Å². The van der Waals surface area contributed by atoms with Crippen LogP contribution in [0.5, 0.6) is 0 Å². The maximum Gasteiger partial charge on any atom is 0.252 e. The van der Waals surface area contributed by atoms with Crippen molar-refractivity contribution < 1.29 is 14.7 Å². The number of carbonyl (C=O) groups excluding carboxylic acids is 2. The van der Waals surface area contributed by atoms with Crippen molar-refractivity contribution in [3.05, 3.63) is 30.1 Å². The SMILES string of the molecule is C=CC(=O)N1CC[C@H](c2[nH]ncc2C(N)=O)C1[C@@H](C)O. The molecule has 3 atom stereocenters. The maximum atomic E-state index is 11.8. The van der Waals surface area contributed by atoms with Gasteiger partial charge < -0.3 is 15.7 Å². The molecular weight excluding hydrogens is 260 g/mol. The number of nitrogens with zero attached hydrogens (tertiary/aromatic N) is 2. The lowest BCUT2D eigenvalue weighted by Gasteiger charge is -2.29. The monoisotopic (exact) mass is 278 g/mol. The molecule has 1 aromatic rings. The van der Waals surface area contributed by atoms with Crippen molar-refractivity contribution in [1.82, 2.24) is 15.1 Å². The van der Waals surface area contributed by atoms with E-state index in [4.69, 9.17) is 5.73 Å². The Balaban J connectivity index is 2.36. The zero-order chi connectivity index (χ0) is 14.9. The van der Waals surface area contributed by atoms with Crippen LogP contribution in [0.1, 0.15) is 35.3 Å². The number of primary amides is 1. The van der Waals surface area contributed by atoms with Crippen LogP contribution in [0.25, 0.3) is 0 Å². The average molecular weight is 278 g/mol. The number of nitrogens with two attached hydrogens (primary N) is 1. The molecule has 2 rings (SSSR count). The molecule has 1 aromatic heterocycles. The maximum absolute atomic E-state index is 11.8. The van der Waals surface area contributed by atoms with E-state index in [2.05, 4.69) is 16.8 Å². The number of hydrogen-bond acceptors (Lipinski definition) is 4. The topological polar surface area (TPSA) is 112 Å². The van der Waals surface area contributed by atoms with Crippen LogP contribution in [0, 0.1) is 0 Å². The van der Waals surface area contributed by atoms with Crippen molar-refractivity contribution in [2.24, 2.45) is 5.73 Å². The van der Waals surface area contributed by atoms with Gasteiger partial charge in [-0.15, -0.1) is 0 Å². The fourth-order valence-corrected chi connectivity index (χ4v) is 2.88. The Morgan fingerprint density at radius 3 is 2.95 bits per heavy atom. The van der Waals surface area contributed by atoms with Crippen molar-refractivity contribution in [3.8, 4) is 0 Å². The quantitative estimate of drug-likeness (QED) is 0.660. The molecule has 7 heteroatoms. The zero-order valence-corrected chi connectivity index (χ0v) is 11.2. The van der Waals surface area contributed by atoms with Crippen LogP contribution in [0.4, 0.5) is 0 Å². The molecule has 7 nitrogen and oxygen atoms in total. The molecular formula is C13H18N4O3. The van der Waals surface area contributed by atoms with Crippen molar-refractivity contribution in [2.45, 2.75) is 31.4 Å². The van der Waals surface area contributed by atoms with E-state index in [1.165, 1.54) is 12.3 Å². The Labute approximate surface area is 116 Å². The van der Waals surface area contributed by atoms with Crippen molar-refractivity contribution in [2.75, 3.05) is 6.54 Å². The highest BCUT2D eigenvalue weighted by Gasteiger charge is 2.41. The van der Waals surface area contributed by atoms with Gasteiger partial charge in [-0.3, -0.25) is 14.7 Å². The number of amides is 2. The van der Waals surface area contributed by atoms with Gasteiger partial charge in [0.05, 0.1) is 29.6 Å². The first-order valence-corrected chi connectivity index (χ1v) is 6.41. The van der Waals surface area contributed by atoms with Gasteiger partial charge >= 0.3 is 0 Å². The molecule has 0 aromatic carbocycles. The number of aliphatic hydroxyl groups is 1. The predicted octanol–water partition coefficient (Wildman–Crippen LogP) is -0.240. The Kier molecular flexibility index (Phi) is 3.89. The Bertz CT molecular complexity index is 537. The van der Waals surface area contributed by atoms with Gasteiger partial charge in [0.25, 0.3) is 5.91 Å². The highest BCUT2D eigenvalue weighted by atomic mass is 16.3. The molecule has 4 N–H and O–H groups in total. The van der Waals surface area contributed by atoms with Gasteiger partial charge in [0.15, 0.2) is 0 Å². The molecule has 1 aliphatic heterocycles. The lowest BCUT2D eigenvalue weighted by atomic mass is 9.91. The third kappa shape index (κ3) is 2.32. The minimum atomic E-state index is -0.740. The minimum Gasteiger partial charge on any atom is -0.391 e. The van der Waals surface area contributed by atoms with Crippen molar-refractivity contribution >= 4 is 11.8 Å². The normalized spacial score (nSPS) is 23.6. The summed E-state index contributed by atoms with van der Waals surface area (Å²) in [5.41, 5.74) is 6.18. The molecule has 0 spiro atoms. The molecule has 1 unspecified atom stereocenters. The van der Waals surface area contributed by atoms with Crippen LogP contribution < -0.4 is 5.73 Å². The molecule has 20 heavy (non-hydrogen) atoms. The third-order valence-electron chi connectivity index (χ3n) is 3.71. The number of H-pyrrole nitrogens is 1. The van der Waals surface area contributed by atoms with Crippen LogP contribution >= 0.6 is 0 Å². The summed E-state index contributed by atoms with van der Waals surface area (Å²) < 4.78 is 0. The van der Waals surface area contributed by atoms with E-state index in [0.29, 0.717) is 24.2 Å². The third-order valence-corrected chi connectivity index (χ3v) is 3.71. The summed E-state index contributed by atoms with van der Waals surface area (Å²) >= 11 is 0. The first-order valence-electron chi connectivity index (χ1n) is 6.41. The molecule has 0 bridgehead atoms. The molecule has 0 saturated carbocycles. The highest BCUT2D eigenvalue weighted by Crippen LogP contribution is 2.36. The van der Waals surface area contributed by atoms with Gasteiger partial charge in [0.1, 0.15) is 0 Å². The molecule has 108 valence electrons. The van der Waals surface area contributed by atoms with Crippen LogP contribution in [0.2, 0.25) is 0 Å². The number of nitrogens with one attached hydrogen (secondary N) is 1. The second-order valence-electron chi connectivity index (χ2n) is 4.92. The van der Waals surface area contributed by atoms with Gasteiger partial charge in [-0.25, -0.2) is 0 Å². The van der Waals surface area contributed by atoms with Crippen molar-refractivity contribution in [1.29, 1.82) is 0 Å². The number of rotatable bonds is 4. The summed E-state index contributed by atoms with van der Waals surface area (Å²) in [7, 11) is 0. The lowest BCUT2D eigenvalue weighted by molar-refractivity contribution is -0.128. The number of likely N-dealkylation sites (tertiary alicyclic amines) is 1. The van der Waals surface area contributed by atoms with Gasteiger partial charge in [0.2, 0.25) is 5.91 Å². The molecule has 0 aliphatic carbocycles.